The molecule has 0 radical (unpaired) electrons. The van der Waals surface area contributed by atoms with Crippen molar-refractivity contribution >= 4 is 84.5 Å². The van der Waals surface area contributed by atoms with Crippen molar-refractivity contribution in [1.82, 2.24) is 32.4 Å². The van der Waals surface area contributed by atoms with Crippen LogP contribution in [0.3, 0.4) is 0 Å². The van der Waals surface area contributed by atoms with Crippen LogP contribution >= 0.6 is 23.5 Å². The average Bonchev–Trinajstić information content (AvgIpc) is 3.84. The molecule has 0 amide bonds. The van der Waals surface area contributed by atoms with Crippen molar-refractivity contribution in [2.45, 2.75) is 0 Å². The fraction of sp³-hybridized carbons (Fsp3) is 0. The largest absolute Gasteiger partial charge is 0.453 e. The molecule has 48 heavy (non-hydrogen) atoms. The molecular weight excluding hydrogens is 639 g/mol. The Morgan fingerprint density at radius 3 is 1.81 bits per heavy atom. The third-order valence-electron chi connectivity index (χ3n) is 8.51. The molecule has 224 valence electrons. The van der Waals surface area contributed by atoms with Crippen LogP contribution in [0.25, 0.3) is 66.5 Å². The van der Waals surface area contributed by atoms with Gasteiger partial charge in [0.1, 0.15) is 33.1 Å². The second-order valence-corrected chi connectivity index (χ2v) is 12.2. The molecule has 12 heteroatoms. The highest BCUT2D eigenvalue weighted by Gasteiger charge is 2.28. The van der Waals surface area contributed by atoms with E-state index in [1.54, 1.807) is 18.3 Å². The molecule has 0 atom stereocenters. The molecule has 0 saturated carbocycles. The molecular formula is C36H17N9OS2. The van der Waals surface area contributed by atoms with E-state index in [4.69, 9.17) is 19.7 Å². The van der Waals surface area contributed by atoms with E-state index in [1.807, 2.05) is 60.7 Å². The predicted molar refractivity (Wildman–Crippen MR) is 187 cm³/mol. The first kappa shape index (κ1) is 26.8. The van der Waals surface area contributed by atoms with Crippen molar-refractivity contribution in [3.8, 4) is 40.1 Å². The SMILES string of the molecule is N#Cc1ccc(-c2nc3c4nsnc4c4nsnc4c3nc2-c2ccc(N3c4ccccc4Oc4ccccc43)c3cccnc23)cc1. The van der Waals surface area contributed by atoms with Crippen LogP contribution in [0.2, 0.25) is 0 Å². The van der Waals surface area contributed by atoms with Crippen LogP contribution in [0.1, 0.15) is 5.56 Å². The highest BCUT2D eigenvalue weighted by Crippen LogP contribution is 2.52. The molecule has 1 aliphatic rings. The van der Waals surface area contributed by atoms with Gasteiger partial charge >= 0.3 is 0 Å². The van der Waals surface area contributed by atoms with Gasteiger partial charge < -0.3 is 9.64 Å². The standard InChI is InChI=1S/C36H17N9OS2/c37-18-19-11-13-20(14-12-19)28-30(40-32-31(39-28)33-35(43-47-41-33)36-34(32)42-48-44-36)22-15-16-23(21-6-5-17-38-29(21)22)45-24-7-1-3-9-26(24)46-27-10-4-2-8-25(27)45/h1-17H. The van der Waals surface area contributed by atoms with Gasteiger partial charge in [-0.05, 0) is 60.7 Å². The summed E-state index contributed by atoms with van der Waals surface area (Å²) in [6, 6.07) is 33.7. The number of benzene rings is 5. The van der Waals surface area contributed by atoms with Crippen LogP contribution in [0, 0.1) is 11.3 Å². The Morgan fingerprint density at radius 1 is 0.562 bits per heavy atom. The highest BCUT2D eigenvalue weighted by atomic mass is 32.1. The lowest BCUT2D eigenvalue weighted by Crippen LogP contribution is -2.16. The summed E-state index contributed by atoms with van der Waals surface area (Å²) in [5, 5.41) is 10.4. The maximum atomic E-state index is 9.50. The van der Waals surface area contributed by atoms with Crippen molar-refractivity contribution in [1.29, 1.82) is 5.26 Å². The third-order valence-corrected chi connectivity index (χ3v) is 9.57. The van der Waals surface area contributed by atoms with E-state index < -0.39 is 0 Å². The van der Waals surface area contributed by atoms with Crippen LogP contribution in [0.15, 0.2) is 103 Å². The van der Waals surface area contributed by atoms with Crippen LogP contribution in [0.4, 0.5) is 17.1 Å². The van der Waals surface area contributed by atoms with E-state index in [1.165, 1.54) is 0 Å². The van der Waals surface area contributed by atoms with Crippen LogP contribution in [-0.4, -0.2) is 32.4 Å². The Kier molecular flexibility index (Phi) is 5.74. The van der Waals surface area contributed by atoms with Gasteiger partial charge in [-0.2, -0.15) is 22.8 Å². The minimum atomic E-state index is 0.554. The molecule has 10 rings (SSSR count). The van der Waals surface area contributed by atoms with Gasteiger partial charge in [0.15, 0.2) is 11.5 Å². The lowest BCUT2D eigenvalue weighted by Gasteiger charge is -2.33. The fourth-order valence-corrected chi connectivity index (χ4v) is 7.46. The Bertz CT molecular complexity index is 2760. The first-order chi connectivity index (χ1) is 23.8. The first-order valence-electron chi connectivity index (χ1n) is 14.9. The molecule has 0 unspecified atom stereocenters. The number of hydrogen-bond acceptors (Lipinski definition) is 12. The maximum absolute atomic E-state index is 9.50. The predicted octanol–water partition coefficient (Wildman–Crippen LogP) is 8.97. The number of nitriles is 1. The smallest absolute Gasteiger partial charge is 0.151 e. The van der Waals surface area contributed by atoms with Crippen molar-refractivity contribution in [2.24, 2.45) is 0 Å². The molecule has 10 nitrogen and oxygen atoms in total. The molecule has 0 fully saturated rings. The molecule has 5 heterocycles. The van der Waals surface area contributed by atoms with Gasteiger partial charge in [-0.25, -0.2) is 9.97 Å². The topological polar surface area (TPSA) is 126 Å². The van der Waals surface area contributed by atoms with Gasteiger partial charge in [0.25, 0.3) is 0 Å². The van der Waals surface area contributed by atoms with Gasteiger partial charge in [0, 0.05) is 22.7 Å². The average molecular weight is 656 g/mol. The van der Waals surface area contributed by atoms with E-state index >= 15 is 0 Å². The number of anilines is 3. The molecule has 9 aromatic rings. The summed E-state index contributed by atoms with van der Waals surface area (Å²) in [6.45, 7) is 0. The quantitative estimate of drug-likeness (QED) is 0.182. The minimum absolute atomic E-state index is 0.554. The number of rotatable bonds is 3. The highest BCUT2D eigenvalue weighted by molar-refractivity contribution is 7.01. The van der Waals surface area contributed by atoms with Gasteiger partial charge in [-0.3, -0.25) is 4.98 Å². The van der Waals surface area contributed by atoms with Gasteiger partial charge in [-0.1, -0.05) is 36.4 Å². The Morgan fingerprint density at radius 2 is 1.17 bits per heavy atom. The van der Waals surface area contributed by atoms with Crippen molar-refractivity contribution in [3.05, 3.63) is 109 Å². The number of ether oxygens (including phenoxy) is 1. The lowest BCUT2D eigenvalue weighted by atomic mass is 9.98. The van der Waals surface area contributed by atoms with Crippen LogP contribution in [-0.2, 0) is 0 Å². The molecule has 0 spiro atoms. The van der Waals surface area contributed by atoms with E-state index in [0.29, 0.717) is 50.1 Å². The Balaban J connectivity index is 1.28. The zero-order valence-electron chi connectivity index (χ0n) is 24.6. The number of aromatic nitrogens is 7. The third kappa shape index (κ3) is 3.86. The van der Waals surface area contributed by atoms with E-state index in [9.17, 15) is 5.26 Å². The lowest BCUT2D eigenvalue weighted by molar-refractivity contribution is 0.477. The van der Waals surface area contributed by atoms with Crippen molar-refractivity contribution < 1.29 is 4.74 Å². The summed E-state index contributed by atoms with van der Waals surface area (Å²) in [5.74, 6) is 1.54. The van der Waals surface area contributed by atoms with Gasteiger partial charge in [0.2, 0.25) is 0 Å². The van der Waals surface area contributed by atoms with E-state index in [-0.39, 0.29) is 0 Å². The number of para-hydroxylation sites is 4. The van der Waals surface area contributed by atoms with Crippen molar-refractivity contribution in [2.75, 3.05) is 4.90 Å². The Hall–Kier alpha value is -6.42. The number of hydrogen-bond donors (Lipinski definition) is 0. The molecule has 4 aromatic heterocycles. The second-order valence-electron chi connectivity index (χ2n) is 11.1. The summed E-state index contributed by atoms with van der Waals surface area (Å²) in [7, 11) is 0. The summed E-state index contributed by atoms with van der Waals surface area (Å²) in [4.78, 5) is 17.7. The monoisotopic (exact) mass is 655 g/mol. The molecule has 5 aromatic carbocycles. The Labute approximate surface area is 279 Å². The number of pyridine rings is 1. The second kappa shape index (κ2) is 10.3. The summed E-state index contributed by atoms with van der Waals surface area (Å²) >= 11 is 2.22. The van der Waals surface area contributed by atoms with E-state index in [0.717, 1.165) is 74.0 Å². The number of fused-ring (bicyclic) bond motifs is 9. The van der Waals surface area contributed by atoms with Crippen molar-refractivity contribution in [3.63, 3.8) is 0 Å². The zero-order chi connectivity index (χ0) is 31.8. The molecule has 1 aliphatic heterocycles. The van der Waals surface area contributed by atoms with E-state index in [2.05, 4.69) is 52.7 Å². The summed E-state index contributed by atoms with van der Waals surface area (Å²) in [6.07, 6.45) is 1.79. The summed E-state index contributed by atoms with van der Waals surface area (Å²) in [5.41, 5.74) is 10.7. The molecule has 0 bridgehead atoms. The normalized spacial score (nSPS) is 12.3. The van der Waals surface area contributed by atoms with Crippen LogP contribution < -0.4 is 9.64 Å². The molecule has 0 N–H and O–H groups in total. The zero-order valence-corrected chi connectivity index (χ0v) is 26.2. The molecule has 0 saturated heterocycles. The van der Waals surface area contributed by atoms with Gasteiger partial charge in [-0.15, -0.1) is 0 Å². The minimum Gasteiger partial charge on any atom is -0.453 e. The number of nitrogens with zero attached hydrogens (tertiary/aromatic N) is 9. The first-order valence-corrected chi connectivity index (χ1v) is 16.4. The van der Waals surface area contributed by atoms with Gasteiger partial charge in [0.05, 0.1) is 69.1 Å². The molecule has 0 aliphatic carbocycles. The van der Waals surface area contributed by atoms with Crippen LogP contribution in [0.5, 0.6) is 11.5 Å². The summed E-state index contributed by atoms with van der Waals surface area (Å²) < 4.78 is 24.5. The fourth-order valence-electron chi connectivity index (χ4n) is 6.36. The maximum Gasteiger partial charge on any atom is 0.151 e.